The summed E-state index contributed by atoms with van der Waals surface area (Å²) in [7, 11) is -3.43. The van der Waals surface area contributed by atoms with Crippen molar-refractivity contribution < 1.29 is 8.42 Å². The van der Waals surface area contributed by atoms with Crippen molar-refractivity contribution in [3.05, 3.63) is 58.1 Å². The van der Waals surface area contributed by atoms with Gasteiger partial charge in [0.05, 0.1) is 4.90 Å². The summed E-state index contributed by atoms with van der Waals surface area (Å²) < 4.78 is 27.9. The summed E-state index contributed by atoms with van der Waals surface area (Å²) in [4.78, 5) is 2.62. The van der Waals surface area contributed by atoms with Crippen LogP contribution in [0.5, 0.6) is 0 Å². The van der Waals surface area contributed by atoms with Gasteiger partial charge in [-0.1, -0.05) is 34.1 Å². The number of rotatable bonds is 3. The van der Waals surface area contributed by atoms with Gasteiger partial charge >= 0.3 is 0 Å². The zero-order valence-corrected chi connectivity index (χ0v) is 16.3. The topological polar surface area (TPSA) is 40.6 Å². The van der Waals surface area contributed by atoms with Crippen LogP contribution in [0.2, 0.25) is 0 Å². The van der Waals surface area contributed by atoms with Crippen molar-refractivity contribution in [2.75, 3.05) is 31.1 Å². The largest absolute Gasteiger partial charge is 0.369 e. The molecule has 6 heteroatoms. The van der Waals surface area contributed by atoms with Gasteiger partial charge in [-0.05, 0) is 49.2 Å². The first-order valence-corrected chi connectivity index (χ1v) is 10.2. The molecule has 4 nitrogen and oxygen atoms in total. The summed E-state index contributed by atoms with van der Waals surface area (Å²) in [5.41, 5.74) is 3.73. The molecule has 2 aromatic rings. The minimum Gasteiger partial charge on any atom is -0.369 e. The number of hydrogen-bond donors (Lipinski definition) is 0. The third kappa shape index (κ3) is 3.36. The molecular weight excluding hydrogens is 388 g/mol. The van der Waals surface area contributed by atoms with Crippen LogP contribution in [0.3, 0.4) is 0 Å². The van der Waals surface area contributed by atoms with Gasteiger partial charge in [-0.2, -0.15) is 4.31 Å². The summed E-state index contributed by atoms with van der Waals surface area (Å²) in [6, 6.07) is 13.2. The van der Waals surface area contributed by atoms with Gasteiger partial charge in [0, 0.05) is 36.3 Å². The number of aryl methyl sites for hydroxylation is 1. The Morgan fingerprint density at radius 1 is 0.958 bits per heavy atom. The zero-order valence-electron chi connectivity index (χ0n) is 13.9. The van der Waals surface area contributed by atoms with Gasteiger partial charge in [0.1, 0.15) is 0 Å². The Morgan fingerprint density at radius 3 is 2.29 bits per heavy atom. The number of benzene rings is 2. The molecule has 128 valence electrons. The highest BCUT2D eigenvalue weighted by Gasteiger charge is 2.29. The van der Waals surface area contributed by atoms with Gasteiger partial charge in [0.25, 0.3) is 0 Å². The zero-order chi connectivity index (χ0) is 17.3. The van der Waals surface area contributed by atoms with E-state index in [1.54, 1.807) is 22.5 Å². The van der Waals surface area contributed by atoms with Crippen LogP contribution in [-0.2, 0) is 10.0 Å². The predicted octanol–water partition coefficient (Wildman–Crippen LogP) is 3.58. The quantitative estimate of drug-likeness (QED) is 0.778. The Labute approximate surface area is 152 Å². The number of piperazine rings is 1. The van der Waals surface area contributed by atoms with Gasteiger partial charge in [0.15, 0.2) is 0 Å². The van der Waals surface area contributed by atoms with E-state index in [2.05, 4.69) is 52.9 Å². The van der Waals surface area contributed by atoms with Gasteiger partial charge in [-0.3, -0.25) is 0 Å². The van der Waals surface area contributed by atoms with E-state index in [4.69, 9.17) is 0 Å². The fourth-order valence-corrected chi connectivity index (χ4v) is 5.04. The van der Waals surface area contributed by atoms with Crippen LogP contribution < -0.4 is 4.90 Å². The normalized spacial score (nSPS) is 16.4. The van der Waals surface area contributed by atoms with Crippen molar-refractivity contribution in [2.24, 2.45) is 0 Å². The Kier molecular flexibility index (Phi) is 4.99. The van der Waals surface area contributed by atoms with Crippen LogP contribution in [0.4, 0.5) is 5.69 Å². The van der Waals surface area contributed by atoms with Crippen molar-refractivity contribution in [3.63, 3.8) is 0 Å². The van der Waals surface area contributed by atoms with Crippen molar-refractivity contribution in [1.29, 1.82) is 0 Å². The molecule has 0 aliphatic carbocycles. The van der Waals surface area contributed by atoms with Crippen molar-refractivity contribution in [3.8, 4) is 0 Å². The standard InChI is InChI=1S/C18H21BrN2O2S/c1-14-5-3-8-18(15(14)2)20-9-11-21(12-10-20)24(22,23)17-7-4-6-16(19)13-17/h3-8,13H,9-12H2,1-2H3. The van der Waals surface area contributed by atoms with E-state index < -0.39 is 10.0 Å². The molecule has 0 atom stereocenters. The van der Waals surface area contributed by atoms with E-state index in [-0.39, 0.29) is 0 Å². The highest BCUT2D eigenvalue weighted by Crippen LogP contribution is 2.26. The smallest absolute Gasteiger partial charge is 0.243 e. The SMILES string of the molecule is Cc1cccc(N2CCN(S(=O)(=O)c3cccc(Br)c3)CC2)c1C. The molecule has 2 aromatic carbocycles. The first-order chi connectivity index (χ1) is 11.4. The lowest BCUT2D eigenvalue weighted by Crippen LogP contribution is -2.48. The fraction of sp³-hybridized carbons (Fsp3) is 0.333. The monoisotopic (exact) mass is 408 g/mol. The van der Waals surface area contributed by atoms with Crippen molar-refractivity contribution in [1.82, 2.24) is 4.31 Å². The van der Waals surface area contributed by atoms with E-state index in [0.717, 1.165) is 4.47 Å². The second-order valence-electron chi connectivity index (χ2n) is 6.07. The fourth-order valence-electron chi connectivity index (χ4n) is 3.02. The Balaban J connectivity index is 1.76. The van der Waals surface area contributed by atoms with Crippen LogP contribution in [0, 0.1) is 13.8 Å². The molecule has 0 unspecified atom stereocenters. The number of nitrogens with zero attached hydrogens (tertiary/aromatic N) is 2. The lowest BCUT2D eigenvalue weighted by Gasteiger charge is -2.36. The summed E-state index contributed by atoms with van der Waals surface area (Å²) >= 11 is 3.34. The number of halogens is 1. The van der Waals surface area contributed by atoms with E-state index in [9.17, 15) is 8.42 Å². The van der Waals surface area contributed by atoms with Gasteiger partial charge < -0.3 is 4.90 Å². The lowest BCUT2D eigenvalue weighted by molar-refractivity contribution is 0.384. The van der Waals surface area contributed by atoms with Crippen LogP contribution in [-0.4, -0.2) is 38.9 Å². The average molecular weight is 409 g/mol. The molecule has 3 rings (SSSR count). The Bertz CT molecular complexity index is 844. The Hall–Kier alpha value is -1.37. The maximum Gasteiger partial charge on any atom is 0.243 e. The second kappa shape index (κ2) is 6.86. The van der Waals surface area contributed by atoms with Crippen LogP contribution in [0.25, 0.3) is 0 Å². The van der Waals surface area contributed by atoms with Crippen molar-refractivity contribution >= 4 is 31.6 Å². The minimum atomic E-state index is -3.43. The summed E-state index contributed by atoms with van der Waals surface area (Å²) in [5, 5.41) is 0. The third-order valence-electron chi connectivity index (χ3n) is 4.59. The molecule has 1 aliphatic rings. The molecule has 1 aliphatic heterocycles. The summed E-state index contributed by atoms with van der Waals surface area (Å²) in [5.74, 6) is 0. The lowest BCUT2D eigenvalue weighted by atomic mass is 10.1. The molecule has 24 heavy (non-hydrogen) atoms. The molecule has 0 spiro atoms. The molecule has 0 radical (unpaired) electrons. The van der Waals surface area contributed by atoms with Crippen LogP contribution in [0.15, 0.2) is 51.8 Å². The average Bonchev–Trinajstić information content (AvgIpc) is 2.57. The first kappa shape index (κ1) is 17.5. The second-order valence-corrected chi connectivity index (χ2v) is 8.92. The number of hydrogen-bond acceptors (Lipinski definition) is 3. The highest BCUT2D eigenvalue weighted by atomic mass is 79.9. The van der Waals surface area contributed by atoms with Gasteiger partial charge in [0.2, 0.25) is 10.0 Å². The minimum absolute atomic E-state index is 0.345. The third-order valence-corrected chi connectivity index (χ3v) is 6.98. The molecule has 0 bridgehead atoms. The maximum atomic E-state index is 12.8. The van der Waals surface area contributed by atoms with E-state index >= 15 is 0 Å². The number of sulfonamides is 1. The molecular formula is C18H21BrN2O2S. The van der Waals surface area contributed by atoms with E-state index in [0.29, 0.717) is 31.1 Å². The predicted molar refractivity (Wildman–Crippen MR) is 101 cm³/mol. The summed E-state index contributed by atoms with van der Waals surface area (Å²) in [6.45, 7) is 6.64. The highest BCUT2D eigenvalue weighted by molar-refractivity contribution is 9.10. The first-order valence-electron chi connectivity index (χ1n) is 7.96. The van der Waals surface area contributed by atoms with Crippen molar-refractivity contribution in [2.45, 2.75) is 18.7 Å². The van der Waals surface area contributed by atoms with Crippen LogP contribution >= 0.6 is 15.9 Å². The molecule has 0 aromatic heterocycles. The molecule has 0 amide bonds. The summed E-state index contributed by atoms with van der Waals surface area (Å²) in [6.07, 6.45) is 0. The molecule has 1 heterocycles. The van der Waals surface area contributed by atoms with Gasteiger partial charge in [-0.15, -0.1) is 0 Å². The molecule has 1 fully saturated rings. The van der Waals surface area contributed by atoms with E-state index in [1.807, 2.05) is 6.07 Å². The number of anilines is 1. The van der Waals surface area contributed by atoms with Gasteiger partial charge in [-0.25, -0.2) is 8.42 Å². The molecule has 0 saturated carbocycles. The molecule has 0 N–H and O–H groups in total. The molecule has 1 saturated heterocycles. The van der Waals surface area contributed by atoms with E-state index in [1.165, 1.54) is 16.8 Å². The maximum absolute atomic E-state index is 12.8. The Morgan fingerprint density at radius 2 is 1.62 bits per heavy atom. The van der Waals surface area contributed by atoms with Crippen LogP contribution in [0.1, 0.15) is 11.1 Å².